The topological polar surface area (TPSA) is 86.8 Å². The molecule has 4 heterocycles. The molecule has 0 unspecified atom stereocenters. The lowest BCUT2D eigenvalue weighted by Crippen LogP contribution is -2.45. The van der Waals surface area contributed by atoms with Crippen molar-refractivity contribution < 1.29 is 37.9 Å². The van der Waals surface area contributed by atoms with E-state index in [-0.39, 0.29) is 21.7 Å². The van der Waals surface area contributed by atoms with Crippen LogP contribution in [0.4, 0.5) is 68.2 Å². The fourth-order valence-corrected chi connectivity index (χ4v) is 16.2. The highest BCUT2D eigenvalue weighted by Gasteiger charge is 2.40. The van der Waals surface area contributed by atoms with Gasteiger partial charge in [-0.1, -0.05) is 173 Å². The van der Waals surface area contributed by atoms with E-state index in [1.165, 1.54) is 0 Å². The number of hydrogen-bond acceptors (Lipinski definition) is 12. The molecule has 0 bridgehead atoms. The van der Waals surface area contributed by atoms with Crippen molar-refractivity contribution in [1.82, 2.24) is 0 Å². The third kappa shape index (κ3) is 17.0. The zero-order chi connectivity index (χ0) is 77.9. The van der Waals surface area contributed by atoms with Crippen molar-refractivity contribution in [3.8, 4) is 33.4 Å². The summed E-state index contributed by atoms with van der Waals surface area (Å²) < 4.78 is 48.2. The molecule has 582 valence electrons. The predicted octanol–water partition coefficient (Wildman–Crippen LogP) is 25.0. The van der Waals surface area contributed by atoms with Crippen LogP contribution in [0.25, 0.3) is 33.4 Å². The number of aryl methyl sites for hydroxylation is 2. The second-order valence-corrected chi connectivity index (χ2v) is 32.2. The third-order valence-electron chi connectivity index (χ3n) is 24.1. The zero-order valence-electron chi connectivity index (χ0n) is 66.9. The second-order valence-electron chi connectivity index (χ2n) is 32.2. The van der Waals surface area contributed by atoms with Gasteiger partial charge in [-0.25, -0.2) is 0 Å². The Morgan fingerprint density at radius 3 is 0.632 bits per heavy atom. The standard InChI is InChI=1S/C102H106N4O8/c1-7-99(67-111-68-99)63-107-59-77-31-39-85(40-32-77)103(81-23-15-11-16-24-81)89-47-51-93(75(5)55-89)95-53-49-91(105(83-27-19-13-20-28-83)87-43-35-79(36-44-87)61-109-65-101(9-3)71-113-72-101)57-97(95)98-58-92(106(84-29-21-14-22-30-84)88-45-37-80(38-46-88)62-110-66-102(10-4)73-114-74-102)50-54-96(98)94-52-48-90(56-76(94)6)104(82-25-17-12-18-26-82)86-41-33-78(34-42-86)60-108-64-100(8-2)69-112-70-100/h11-58H,7-10,59-74H2,1-6H3. The van der Waals surface area contributed by atoms with Crippen LogP contribution in [0.1, 0.15) is 86.8 Å². The van der Waals surface area contributed by atoms with Crippen molar-refractivity contribution >= 4 is 68.2 Å². The van der Waals surface area contributed by atoms with Crippen molar-refractivity contribution in [2.75, 3.05) is 98.9 Å². The van der Waals surface area contributed by atoms with Gasteiger partial charge in [-0.05, 0) is 252 Å². The van der Waals surface area contributed by atoms with Crippen LogP contribution in [-0.2, 0) is 64.3 Å². The van der Waals surface area contributed by atoms with Crippen molar-refractivity contribution in [1.29, 1.82) is 0 Å². The number of rotatable bonds is 35. The fraction of sp³-hybridized carbons (Fsp3) is 0.294. The Hall–Kier alpha value is -10.5. The van der Waals surface area contributed by atoms with E-state index in [0.29, 0.717) is 52.9 Å². The molecular weight excluding hydrogens is 1410 g/mol. The molecule has 12 aromatic carbocycles. The van der Waals surface area contributed by atoms with Crippen molar-refractivity contribution in [2.24, 2.45) is 21.7 Å². The number of para-hydroxylation sites is 4. The summed E-state index contributed by atoms with van der Waals surface area (Å²) in [6.45, 7) is 24.3. The summed E-state index contributed by atoms with van der Waals surface area (Å²) >= 11 is 0. The summed E-state index contributed by atoms with van der Waals surface area (Å²) in [5.41, 5.74) is 26.2. The van der Waals surface area contributed by atoms with Crippen molar-refractivity contribution in [3.63, 3.8) is 0 Å². The first-order chi connectivity index (χ1) is 55.9. The van der Waals surface area contributed by atoms with Gasteiger partial charge in [0.25, 0.3) is 0 Å². The lowest BCUT2D eigenvalue weighted by atomic mass is 9.84. The number of nitrogens with zero attached hydrogens (tertiary/aromatic N) is 4. The minimum absolute atomic E-state index is 0.0913. The highest BCUT2D eigenvalue weighted by atomic mass is 16.5. The monoisotopic (exact) mass is 1510 g/mol. The van der Waals surface area contributed by atoms with Crippen molar-refractivity contribution in [3.05, 3.63) is 325 Å². The predicted molar refractivity (Wildman–Crippen MR) is 464 cm³/mol. The van der Waals surface area contributed by atoms with Gasteiger partial charge in [-0.3, -0.25) is 0 Å². The van der Waals surface area contributed by atoms with Crippen LogP contribution in [0.5, 0.6) is 0 Å². The van der Waals surface area contributed by atoms with Crippen LogP contribution in [0, 0.1) is 35.5 Å². The average Bonchev–Trinajstić information content (AvgIpc) is 0.747. The van der Waals surface area contributed by atoms with Gasteiger partial charge < -0.3 is 57.5 Å². The maximum absolute atomic E-state index is 6.46. The molecule has 12 aromatic rings. The molecule has 4 aliphatic heterocycles. The quantitative estimate of drug-likeness (QED) is 0.0379. The molecule has 0 aromatic heterocycles. The Morgan fingerprint density at radius 2 is 0.430 bits per heavy atom. The van der Waals surface area contributed by atoms with E-state index < -0.39 is 0 Å². The number of anilines is 12. The SMILES string of the molecule is CCC1(COCc2ccc(N(c3ccccc3)c3ccc(-c4ccc(N(c5ccccc5)c5ccc(COCC6(CC)COC6)cc5)cc4-c4cc(N(c5ccccc5)c5ccc(COCC6(CC)COC6)cc5)ccc4-c4ccc(N(c5ccccc5)c5ccc(COCC6(CC)COC6)cc5)cc4C)c(C)c3)cc2)COC1. The van der Waals surface area contributed by atoms with E-state index in [2.05, 4.69) is 352 Å². The van der Waals surface area contributed by atoms with E-state index in [0.717, 1.165) is 214 Å². The van der Waals surface area contributed by atoms with Crippen LogP contribution in [0.2, 0.25) is 0 Å². The molecule has 16 rings (SSSR count). The molecule has 4 saturated heterocycles. The highest BCUT2D eigenvalue weighted by Crippen LogP contribution is 2.50. The lowest BCUT2D eigenvalue weighted by molar-refractivity contribution is -0.152. The molecule has 0 N–H and O–H groups in total. The smallest absolute Gasteiger partial charge is 0.0717 e. The Balaban J connectivity index is 0.843. The molecule has 0 amide bonds. The molecule has 0 aliphatic carbocycles. The molecule has 12 nitrogen and oxygen atoms in total. The Morgan fingerprint density at radius 1 is 0.228 bits per heavy atom. The normalized spacial score (nSPS) is 15.5. The van der Waals surface area contributed by atoms with Gasteiger partial charge in [-0.2, -0.15) is 0 Å². The average molecular weight is 1520 g/mol. The molecule has 0 saturated carbocycles. The maximum atomic E-state index is 6.46. The minimum Gasteiger partial charge on any atom is -0.380 e. The Bertz CT molecular complexity index is 4800. The molecular formula is C102H106N4O8. The summed E-state index contributed by atoms with van der Waals surface area (Å²) in [6.07, 6.45) is 4.14. The van der Waals surface area contributed by atoms with E-state index in [4.69, 9.17) is 37.9 Å². The molecule has 4 aliphatic rings. The van der Waals surface area contributed by atoms with Crippen LogP contribution < -0.4 is 19.6 Å². The zero-order valence-corrected chi connectivity index (χ0v) is 66.9. The van der Waals surface area contributed by atoms with Gasteiger partial charge in [0.15, 0.2) is 0 Å². The Kier molecular flexibility index (Phi) is 23.8. The van der Waals surface area contributed by atoms with Gasteiger partial charge in [-0.15, -0.1) is 0 Å². The first-order valence-electron chi connectivity index (χ1n) is 40.8. The van der Waals surface area contributed by atoms with E-state index >= 15 is 0 Å². The van der Waals surface area contributed by atoms with Crippen LogP contribution in [0.15, 0.2) is 291 Å². The summed E-state index contributed by atoms with van der Waals surface area (Å²) in [6, 6.07) is 107. The Labute approximate surface area is 674 Å². The second kappa shape index (κ2) is 35.1. The fourth-order valence-electron chi connectivity index (χ4n) is 16.2. The lowest BCUT2D eigenvalue weighted by Gasteiger charge is -2.40. The molecule has 12 heteroatoms. The summed E-state index contributed by atoms with van der Waals surface area (Å²) in [4.78, 5) is 9.51. The van der Waals surface area contributed by atoms with Gasteiger partial charge in [0.05, 0.1) is 106 Å². The van der Waals surface area contributed by atoms with Crippen LogP contribution >= 0.6 is 0 Å². The minimum atomic E-state index is 0.0913. The molecule has 0 radical (unpaired) electrons. The van der Waals surface area contributed by atoms with E-state index in [9.17, 15) is 0 Å². The van der Waals surface area contributed by atoms with Gasteiger partial charge in [0, 0.05) is 89.9 Å². The molecule has 4 fully saturated rings. The van der Waals surface area contributed by atoms with Gasteiger partial charge in [0.2, 0.25) is 0 Å². The van der Waals surface area contributed by atoms with E-state index in [1.807, 2.05) is 0 Å². The van der Waals surface area contributed by atoms with Gasteiger partial charge >= 0.3 is 0 Å². The largest absolute Gasteiger partial charge is 0.380 e. The summed E-state index contributed by atoms with van der Waals surface area (Å²) in [5, 5.41) is 0. The number of hydrogen-bond donors (Lipinski definition) is 0. The number of benzene rings is 12. The summed E-state index contributed by atoms with van der Waals surface area (Å²) in [5.74, 6) is 0. The first kappa shape index (κ1) is 77.5. The number of ether oxygens (including phenoxy) is 8. The maximum Gasteiger partial charge on any atom is 0.0717 e. The van der Waals surface area contributed by atoms with Gasteiger partial charge in [0.1, 0.15) is 0 Å². The van der Waals surface area contributed by atoms with Crippen molar-refractivity contribution in [2.45, 2.75) is 93.7 Å². The molecule has 114 heavy (non-hydrogen) atoms. The summed E-state index contributed by atoms with van der Waals surface area (Å²) in [7, 11) is 0. The molecule has 0 spiro atoms. The third-order valence-corrected chi connectivity index (χ3v) is 24.1. The van der Waals surface area contributed by atoms with E-state index in [1.54, 1.807) is 0 Å². The molecule has 0 atom stereocenters. The first-order valence-corrected chi connectivity index (χ1v) is 40.8. The van der Waals surface area contributed by atoms with Crippen LogP contribution in [0.3, 0.4) is 0 Å². The highest BCUT2D eigenvalue weighted by molar-refractivity contribution is 5.98. The van der Waals surface area contributed by atoms with Crippen LogP contribution in [-0.4, -0.2) is 79.3 Å².